The number of carbonyl (C=O) groups excluding carboxylic acids is 1. The van der Waals surface area contributed by atoms with Crippen molar-refractivity contribution in [2.45, 2.75) is 18.6 Å². The van der Waals surface area contributed by atoms with Crippen LogP contribution in [0.1, 0.15) is 12.2 Å². The van der Waals surface area contributed by atoms with E-state index in [0.717, 1.165) is 0 Å². The van der Waals surface area contributed by atoms with E-state index in [1.54, 1.807) is 12.4 Å². The Morgan fingerprint density at radius 2 is 2.47 bits per heavy atom. The summed E-state index contributed by atoms with van der Waals surface area (Å²) < 4.78 is 20.2. The molecule has 0 aromatic carbocycles. The fourth-order valence-corrected chi connectivity index (χ4v) is 2.87. The lowest BCUT2D eigenvalue weighted by Crippen LogP contribution is -2.59. The van der Waals surface area contributed by atoms with Crippen LogP contribution in [-0.2, 0) is 16.1 Å². The first kappa shape index (κ1) is 12.6. The minimum Gasteiger partial charge on any atom is -0.380 e. The van der Waals surface area contributed by atoms with Gasteiger partial charge in [-0.3, -0.25) is 4.79 Å². The average Bonchev–Trinajstić information content (AvgIpc) is 3.02. The molecule has 3 N–H and O–H groups in total. The van der Waals surface area contributed by atoms with Crippen LogP contribution in [-0.4, -0.2) is 47.8 Å². The summed E-state index contributed by atoms with van der Waals surface area (Å²) in [5.74, 6) is 0.341. The maximum Gasteiger partial charge on any atom is 0.233 e. The number of rotatable bonds is 3. The van der Waals surface area contributed by atoms with Gasteiger partial charge < -0.3 is 20.4 Å². The molecular formula is C12H17FN4O2. The van der Waals surface area contributed by atoms with Gasteiger partial charge in [-0.15, -0.1) is 0 Å². The summed E-state index contributed by atoms with van der Waals surface area (Å²) in [6.07, 6.45) is 3.55. The smallest absolute Gasteiger partial charge is 0.233 e. The topological polar surface area (TPSA) is 79.0 Å². The Balaban J connectivity index is 1.73. The number of amides is 1. The van der Waals surface area contributed by atoms with Gasteiger partial charge in [0.15, 0.2) is 0 Å². The van der Waals surface area contributed by atoms with Crippen LogP contribution >= 0.6 is 0 Å². The molecule has 1 aromatic rings. The van der Waals surface area contributed by atoms with Crippen molar-refractivity contribution in [3.8, 4) is 0 Å². The highest BCUT2D eigenvalue weighted by Crippen LogP contribution is 2.44. The molecule has 19 heavy (non-hydrogen) atoms. The van der Waals surface area contributed by atoms with Crippen LogP contribution < -0.4 is 10.6 Å². The number of fused-ring (bicyclic) bond motifs is 1. The Morgan fingerprint density at radius 3 is 3.26 bits per heavy atom. The molecule has 2 atom stereocenters. The predicted molar refractivity (Wildman–Crippen MR) is 65.0 cm³/mol. The number of aromatic nitrogens is 2. The summed E-state index contributed by atoms with van der Waals surface area (Å²) in [7, 11) is 0. The van der Waals surface area contributed by atoms with Crippen molar-refractivity contribution in [3.63, 3.8) is 0 Å². The second-order valence-electron chi connectivity index (χ2n) is 5.17. The Labute approximate surface area is 110 Å². The summed E-state index contributed by atoms with van der Waals surface area (Å²) in [6, 6.07) is 0. The first-order valence-corrected chi connectivity index (χ1v) is 6.40. The van der Waals surface area contributed by atoms with Crippen LogP contribution in [0.5, 0.6) is 0 Å². The average molecular weight is 268 g/mol. The van der Waals surface area contributed by atoms with Gasteiger partial charge in [-0.2, -0.15) is 0 Å². The van der Waals surface area contributed by atoms with Crippen LogP contribution in [0.25, 0.3) is 0 Å². The quantitative estimate of drug-likeness (QED) is 0.706. The summed E-state index contributed by atoms with van der Waals surface area (Å²) in [4.78, 5) is 19.3. The number of nitrogens with one attached hydrogen (secondary N) is 3. The van der Waals surface area contributed by atoms with Crippen LogP contribution in [0.3, 0.4) is 0 Å². The molecule has 1 amide bonds. The van der Waals surface area contributed by atoms with Gasteiger partial charge >= 0.3 is 0 Å². The molecule has 0 saturated carbocycles. The largest absolute Gasteiger partial charge is 0.380 e. The molecule has 2 fully saturated rings. The zero-order chi connectivity index (χ0) is 13.3. The van der Waals surface area contributed by atoms with Crippen LogP contribution in [0.15, 0.2) is 12.4 Å². The third kappa shape index (κ3) is 1.93. The monoisotopic (exact) mass is 268 g/mol. The number of hydrogen-bond donors (Lipinski definition) is 3. The van der Waals surface area contributed by atoms with Crippen molar-refractivity contribution in [2.75, 3.05) is 26.3 Å². The number of hydrogen-bond acceptors (Lipinski definition) is 4. The summed E-state index contributed by atoms with van der Waals surface area (Å²) >= 11 is 0. The highest BCUT2D eigenvalue weighted by Gasteiger charge is 2.62. The van der Waals surface area contributed by atoms with Gasteiger partial charge in [0.2, 0.25) is 5.91 Å². The number of H-pyrrole nitrogens is 1. The van der Waals surface area contributed by atoms with E-state index >= 15 is 0 Å². The molecule has 0 radical (unpaired) electrons. The minimum absolute atomic E-state index is 0.125. The van der Waals surface area contributed by atoms with E-state index < -0.39 is 11.1 Å². The normalized spacial score (nSPS) is 33.9. The van der Waals surface area contributed by atoms with Crippen LogP contribution in [0, 0.1) is 5.41 Å². The third-order valence-corrected chi connectivity index (χ3v) is 4.09. The zero-order valence-electron chi connectivity index (χ0n) is 10.5. The Hall–Kier alpha value is -1.47. The van der Waals surface area contributed by atoms with Gasteiger partial charge in [-0.25, -0.2) is 9.37 Å². The lowest BCUT2D eigenvalue weighted by atomic mass is 9.72. The van der Waals surface area contributed by atoms with Crippen molar-refractivity contribution in [3.05, 3.63) is 18.2 Å². The molecule has 6 nitrogen and oxygen atoms in total. The molecule has 3 rings (SSSR count). The molecule has 2 aliphatic heterocycles. The molecule has 3 heterocycles. The molecule has 1 aromatic heterocycles. The van der Waals surface area contributed by atoms with Crippen LogP contribution in [0.4, 0.5) is 4.39 Å². The maximum absolute atomic E-state index is 14.9. The Kier molecular flexibility index (Phi) is 3.02. The Morgan fingerprint density at radius 1 is 1.58 bits per heavy atom. The summed E-state index contributed by atoms with van der Waals surface area (Å²) in [6.45, 7) is 1.29. The lowest BCUT2D eigenvalue weighted by molar-refractivity contribution is -0.154. The zero-order valence-corrected chi connectivity index (χ0v) is 10.5. The molecule has 0 unspecified atom stereocenters. The van der Waals surface area contributed by atoms with Gasteiger partial charge in [-0.05, 0) is 0 Å². The third-order valence-electron chi connectivity index (χ3n) is 4.09. The minimum atomic E-state index is -1.52. The first-order chi connectivity index (χ1) is 9.16. The number of imidazole rings is 1. The number of ether oxygens (including phenoxy) is 1. The molecule has 104 valence electrons. The van der Waals surface area contributed by atoms with Crippen LogP contribution in [0.2, 0.25) is 0 Å². The van der Waals surface area contributed by atoms with E-state index in [9.17, 15) is 9.18 Å². The van der Waals surface area contributed by atoms with Crippen molar-refractivity contribution in [1.29, 1.82) is 0 Å². The summed E-state index contributed by atoms with van der Waals surface area (Å²) in [5, 5.41) is 5.73. The molecule has 2 saturated heterocycles. The van der Waals surface area contributed by atoms with E-state index in [2.05, 4.69) is 20.6 Å². The van der Waals surface area contributed by atoms with Gasteiger partial charge in [0, 0.05) is 38.5 Å². The number of aromatic amines is 1. The fraction of sp³-hybridized carbons (Fsp3) is 0.667. The second-order valence-corrected chi connectivity index (χ2v) is 5.17. The second kappa shape index (κ2) is 4.57. The summed E-state index contributed by atoms with van der Waals surface area (Å²) in [5.41, 5.74) is -2.63. The molecule has 0 aliphatic carbocycles. The first-order valence-electron chi connectivity index (χ1n) is 6.40. The lowest BCUT2D eigenvalue weighted by Gasteiger charge is -2.41. The number of carbonyl (C=O) groups is 1. The van der Waals surface area contributed by atoms with E-state index in [4.69, 9.17) is 4.74 Å². The maximum atomic E-state index is 14.9. The standard InChI is InChI=1S/C12H17FN4O2/c13-12-1-4-19-8-11(12,6-14-7-12)10(18)17-5-9-15-2-3-16-9/h2-3,14H,1,4-8H2,(H,15,16)(H,17,18)/t11-,12+/m0/s1. The Bertz CT molecular complexity index is 466. The molecular weight excluding hydrogens is 251 g/mol. The van der Waals surface area contributed by atoms with Gasteiger partial charge in [0.05, 0.1) is 13.2 Å². The van der Waals surface area contributed by atoms with E-state index in [-0.39, 0.29) is 32.0 Å². The van der Waals surface area contributed by atoms with E-state index in [1.165, 1.54) is 0 Å². The molecule has 0 spiro atoms. The van der Waals surface area contributed by atoms with Crippen molar-refractivity contribution in [1.82, 2.24) is 20.6 Å². The van der Waals surface area contributed by atoms with Gasteiger partial charge in [0.25, 0.3) is 0 Å². The van der Waals surface area contributed by atoms with Crippen molar-refractivity contribution in [2.24, 2.45) is 5.41 Å². The fourth-order valence-electron chi connectivity index (χ4n) is 2.87. The molecule has 7 heteroatoms. The van der Waals surface area contributed by atoms with E-state index in [0.29, 0.717) is 19.0 Å². The number of halogens is 1. The molecule has 0 bridgehead atoms. The van der Waals surface area contributed by atoms with Gasteiger partial charge in [0.1, 0.15) is 16.9 Å². The number of alkyl halides is 1. The highest BCUT2D eigenvalue weighted by atomic mass is 19.1. The van der Waals surface area contributed by atoms with Gasteiger partial charge in [-0.1, -0.05) is 0 Å². The highest BCUT2D eigenvalue weighted by molar-refractivity contribution is 5.85. The predicted octanol–water partition coefficient (Wildman–Crippen LogP) is -0.256. The molecule has 2 aliphatic rings. The SMILES string of the molecule is O=C(NCc1ncc[nH]1)[C@@]12CNC[C@]1(F)CCOC2. The number of nitrogens with zero attached hydrogens (tertiary/aromatic N) is 1. The van der Waals surface area contributed by atoms with Crippen molar-refractivity contribution >= 4 is 5.91 Å². The van der Waals surface area contributed by atoms with E-state index in [1.807, 2.05) is 0 Å². The van der Waals surface area contributed by atoms with Crippen molar-refractivity contribution < 1.29 is 13.9 Å².